The van der Waals surface area contributed by atoms with Crippen molar-refractivity contribution in [3.05, 3.63) is 11.6 Å². The third-order valence-electron chi connectivity index (χ3n) is 5.83. The number of hydrogen-bond donors (Lipinski definition) is 0. The molecular formula is C23H35ClO6. The summed E-state index contributed by atoms with van der Waals surface area (Å²) in [5.74, 6) is -3.37. The second kappa shape index (κ2) is 11.1. The molecule has 0 saturated carbocycles. The van der Waals surface area contributed by atoms with Crippen molar-refractivity contribution >= 4 is 35.1 Å². The molecule has 0 amide bonds. The topological polar surface area (TPSA) is 86.7 Å². The highest BCUT2D eigenvalue weighted by molar-refractivity contribution is 6.26. The van der Waals surface area contributed by atoms with Crippen molar-refractivity contribution in [3.8, 4) is 0 Å². The number of hydrogen-bond acceptors (Lipinski definition) is 6. The van der Waals surface area contributed by atoms with Crippen LogP contribution in [0.2, 0.25) is 0 Å². The molecule has 7 heteroatoms. The number of halogens is 1. The summed E-state index contributed by atoms with van der Waals surface area (Å²) < 4.78 is 11.2. The number of carbonyl (C=O) groups excluding carboxylic acids is 4. The van der Waals surface area contributed by atoms with Gasteiger partial charge < -0.3 is 9.47 Å². The number of rotatable bonds is 3. The fourth-order valence-corrected chi connectivity index (χ4v) is 4.32. The van der Waals surface area contributed by atoms with Crippen LogP contribution in [0.25, 0.3) is 0 Å². The molecule has 0 aromatic heterocycles. The fraction of sp³-hybridized carbons (Fsp3) is 0.739. The molecule has 0 aromatic rings. The molecule has 30 heavy (non-hydrogen) atoms. The van der Waals surface area contributed by atoms with Crippen molar-refractivity contribution in [1.29, 1.82) is 0 Å². The SMILES string of the molecule is CC[C@H]1OC(=O)[C@H](C)C(=O)[C@H](C)C[C@@H](C)C[C@@H](C)C(=O)/C(C)=C/[C@]1(C)OC(=O)CCl. The van der Waals surface area contributed by atoms with Crippen molar-refractivity contribution in [1.82, 2.24) is 0 Å². The minimum Gasteiger partial charge on any atom is -0.457 e. The van der Waals surface area contributed by atoms with E-state index < -0.39 is 29.6 Å². The van der Waals surface area contributed by atoms with Crippen LogP contribution in [0.15, 0.2) is 11.6 Å². The second-order valence-electron chi connectivity index (χ2n) is 8.82. The van der Waals surface area contributed by atoms with Crippen LogP contribution in [-0.2, 0) is 28.7 Å². The lowest BCUT2D eigenvalue weighted by atomic mass is 9.82. The maximum absolute atomic E-state index is 13.0. The van der Waals surface area contributed by atoms with E-state index in [0.717, 1.165) is 0 Å². The van der Waals surface area contributed by atoms with Gasteiger partial charge in [-0.3, -0.25) is 19.2 Å². The average molecular weight is 443 g/mol. The van der Waals surface area contributed by atoms with Gasteiger partial charge in [0.05, 0.1) is 0 Å². The Hall–Kier alpha value is -1.69. The molecule has 0 saturated heterocycles. The van der Waals surface area contributed by atoms with Gasteiger partial charge in [-0.15, -0.1) is 11.6 Å². The highest BCUT2D eigenvalue weighted by Crippen LogP contribution is 2.30. The number of Topliss-reactive ketones (excluding diaryl/α,β-unsaturated/α-hetero) is 2. The van der Waals surface area contributed by atoms with Gasteiger partial charge in [0.25, 0.3) is 0 Å². The molecule has 1 aliphatic rings. The molecule has 170 valence electrons. The first kappa shape index (κ1) is 26.3. The van der Waals surface area contributed by atoms with Crippen LogP contribution in [0.4, 0.5) is 0 Å². The Bertz CT molecular complexity index is 700. The highest BCUT2D eigenvalue weighted by Gasteiger charge is 2.41. The van der Waals surface area contributed by atoms with E-state index in [0.29, 0.717) is 24.8 Å². The standard InChI is InChI=1S/C23H35ClO6/c1-8-18-23(7,30-19(25)12-24)11-16(5)20(26)14(3)9-13(2)10-15(4)21(27)17(6)22(28)29-18/h11,13-15,17-18H,8-10,12H2,1-7H3/b16-11+/t13-,14+,15+,17+,18+,23-/m0/s1. The molecule has 6 atom stereocenters. The van der Waals surface area contributed by atoms with Gasteiger partial charge in [-0.25, -0.2) is 0 Å². The summed E-state index contributed by atoms with van der Waals surface area (Å²) >= 11 is 5.62. The Morgan fingerprint density at radius 2 is 1.73 bits per heavy atom. The summed E-state index contributed by atoms with van der Waals surface area (Å²) in [6.07, 6.45) is 2.21. The maximum Gasteiger partial charge on any atom is 0.321 e. The van der Waals surface area contributed by atoms with Gasteiger partial charge in [0.2, 0.25) is 0 Å². The number of cyclic esters (lactones) is 1. The van der Waals surface area contributed by atoms with Gasteiger partial charge in [0.15, 0.2) is 11.4 Å². The number of allylic oxidation sites excluding steroid dienone is 1. The Morgan fingerprint density at radius 1 is 1.17 bits per heavy atom. The molecule has 1 rings (SSSR count). The van der Waals surface area contributed by atoms with Crippen molar-refractivity contribution in [3.63, 3.8) is 0 Å². The van der Waals surface area contributed by atoms with Gasteiger partial charge in [-0.2, -0.15) is 0 Å². The Balaban J connectivity index is 3.48. The average Bonchev–Trinajstić information content (AvgIpc) is 2.68. The van der Waals surface area contributed by atoms with E-state index >= 15 is 0 Å². The van der Waals surface area contributed by atoms with Gasteiger partial charge in [-0.1, -0.05) is 27.7 Å². The van der Waals surface area contributed by atoms with Gasteiger partial charge >= 0.3 is 11.9 Å². The zero-order chi connectivity index (χ0) is 23.2. The lowest BCUT2D eigenvalue weighted by Gasteiger charge is -2.35. The van der Waals surface area contributed by atoms with E-state index in [-0.39, 0.29) is 35.2 Å². The van der Waals surface area contributed by atoms with E-state index in [1.807, 2.05) is 13.8 Å². The predicted molar refractivity (Wildman–Crippen MR) is 115 cm³/mol. The monoisotopic (exact) mass is 442 g/mol. The summed E-state index contributed by atoms with van der Waals surface area (Å²) in [7, 11) is 0. The molecule has 6 nitrogen and oxygen atoms in total. The molecular weight excluding hydrogens is 408 g/mol. The Kier molecular flexibility index (Phi) is 9.73. The van der Waals surface area contributed by atoms with E-state index in [4.69, 9.17) is 21.1 Å². The van der Waals surface area contributed by atoms with Crippen molar-refractivity contribution in [2.45, 2.75) is 79.4 Å². The maximum atomic E-state index is 13.0. The summed E-state index contributed by atoms with van der Waals surface area (Å²) in [6, 6.07) is 0. The molecule has 0 aromatic carbocycles. The summed E-state index contributed by atoms with van der Waals surface area (Å²) in [5.41, 5.74) is -0.955. The van der Waals surface area contributed by atoms with Crippen molar-refractivity contribution in [2.24, 2.45) is 23.7 Å². The molecule has 0 fully saturated rings. The molecule has 0 bridgehead atoms. The number of ketones is 2. The largest absolute Gasteiger partial charge is 0.457 e. The minimum atomic E-state index is -1.39. The highest BCUT2D eigenvalue weighted by atomic mass is 35.5. The van der Waals surface area contributed by atoms with Gasteiger partial charge in [-0.05, 0) is 57.6 Å². The number of carbonyl (C=O) groups is 4. The van der Waals surface area contributed by atoms with Crippen molar-refractivity contribution < 1.29 is 28.7 Å². The van der Waals surface area contributed by atoms with Crippen molar-refractivity contribution in [2.75, 3.05) is 5.88 Å². The number of alkyl halides is 1. The molecule has 0 radical (unpaired) electrons. The van der Waals surface area contributed by atoms with Crippen LogP contribution in [0.3, 0.4) is 0 Å². The van der Waals surface area contributed by atoms with Gasteiger partial charge in [0.1, 0.15) is 23.7 Å². The molecule has 1 aliphatic heterocycles. The van der Waals surface area contributed by atoms with Crippen LogP contribution in [0.5, 0.6) is 0 Å². The smallest absolute Gasteiger partial charge is 0.321 e. The predicted octanol–water partition coefficient (Wildman–Crippen LogP) is 4.27. The van der Waals surface area contributed by atoms with Crippen LogP contribution < -0.4 is 0 Å². The molecule has 0 spiro atoms. The third-order valence-corrected chi connectivity index (χ3v) is 6.05. The Morgan fingerprint density at radius 3 is 2.27 bits per heavy atom. The normalized spacial score (nSPS) is 36.3. The molecule has 0 unspecified atom stereocenters. The van der Waals surface area contributed by atoms with Crippen LogP contribution in [-0.4, -0.2) is 41.1 Å². The summed E-state index contributed by atoms with van der Waals surface area (Å²) in [4.78, 5) is 50.4. The molecule has 0 N–H and O–H groups in total. The lowest BCUT2D eigenvalue weighted by molar-refractivity contribution is -0.178. The first-order chi connectivity index (χ1) is 13.9. The summed E-state index contributed by atoms with van der Waals surface area (Å²) in [6.45, 7) is 12.2. The second-order valence-corrected chi connectivity index (χ2v) is 9.09. The fourth-order valence-electron chi connectivity index (χ4n) is 4.27. The zero-order valence-corrected chi connectivity index (χ0v) is 19.9. The van der Waals surface area contributed by atoms with Crippen LogP contribution in [0, 0.1) is 23.7 Å². The third kappa shape index (κ3) is 6.66. The van der Waals surface area contributed by atoms with Gasteiger partial charge in [0, 0.05) is 11.8 Å². The zero-order valence-electron chi connectivity index (χ0n) is 19.1. The first-order valence-corrected chi connectivity index (χ1v) is 11.1. The van der Waals surface area contributed by atoms with E-state index in [2.05, 4.69) is 0 Å². The minimum absolute atomic E-state index is 0.0689. The van der Waals surface area contributed by atoms with E-state index in [9.17, 15) is 19.2 Å². The summed E-state index contributed by atoms with van der Waals surface area (Å²) in [5, 5.41) is 0. The first-order valence-electron chi connectivity index (χ1n) is 10.6. The van der Waals surface area contributed by atoms with E-state index in [1.165, 1.54) is 0 Å². The lowest BCUT2D eigenvalue weighted by Crippen LogP contribution is -2.46. The molecule has 0 aliphatic carbocycles. The van der Waals surface area contributed by atoms with E-state index in [1.54, 1.807) is 40.7 Å². The van der Waals surface area contributed by atoms with Crippen LogP contribution in [0.1, 0.15) is 67.7 Å². The quantitative estimate of drug-likeness (QED) is 0.368. The van der Waals surface area contributed by atoms with Crippen LogP contribution >= 0.6 is 11.6 Å². The Labute approximate surface area is 184 Å². The number of ether oxygens (including phenoxy) is 2. The number of esters is 2. The molecule has 1 heterocycles.